The van der Waals surface area contributed by atoms with Gasteiger partial charge >= 0.3 is 0 Å². The van der Waals surface area contributed by atoms with Crippen molar-refractivity contribution in [3.8, 4) is 0 Å². The largest absolute Gasteiger partial charge is 0.342 e. The second-order valence-electron chi connectivity index (χ2n) is 4.30. The van der Waals surface area contributed by atoms with Crippen LogP contribution >= 0.6 is 0 Å². The molecule has 2 aromatic rings. The lowest BCUT2D eigenvalue weighted by atomic mass is 10.1. The smallest absolute Gasteiger partial charge is 0.125 e. The highest BCUT2D eigenvalue weighted by Gasteiger charge is 2.25. The van der Waals surface area contributed by atoms with Gasteiger partial charge in [0.15, 0.2) is 0 Å². The van der Waals surface area contributed by atoms with Gasteiger partial charge in [-0.3, -0.25) is 0 Å². The van der Waals surface area contributed by atoms with Gasteiger partial charge in [-0.25, -0.2) is 4.39 Å². The molecule has 3 heteroatoms. The topological polar surface area (TPSA) is 8.17 Å². The minimum absolute atomic E-state index is 0.157. The fourth-order valence-corrected chi connectivity index (χ4v) is 2.28. The summed E-state index contributed by atoms with van der Waals surface area (Å²) in [6.07, 6.45) is 2.06. The number of hydrogen-bond donors (Lipinski definition) is 0. The summed E-state index contributed by atoms with van der Waals surface area (Å²) in [5.74, 6) is -0.157. The normalized spacial score (nSPS) is 18.3. The number of halogens is 1. The molecule has 0 saturated carbocycles. The lowest BCUT2D eigenvalue weighted by molar-refractivity contribution is 0.144. The predicted octanol–water partition coefficient (Wildman–Crippen LogP) is 2.27. The molecule has 1 aliphatic rings. The van der Waals surface area contributed by atoms with Crippen LogP contribution in [0.25, 0.3) is 10.9 Å². The molecule has 0 N–H and O–H groups in total. The molecule has 0 unspecified atom stereocenters. The van der Waals surface area contributed by atoms with E-state index in [-0.39, 0.29) is 5.82 Å². The molecule has 1 aromatic carbocycles. The molecule has 1 aliphatic heterocycles. The molecule has 2 heterocycles. The second kappa shape index (κ2) is 3.07. The van der Waals surface area contributed by atoms with E-state index in [9.17, 15) is 4.39 Å². The highest BCUT2D eigenvalue weighted by Crippen LogP contribution is 2.26. The van der Waals surface area contributed by atoms with Gasteiger partial charge in [-0.1, -0.05) is 0 Å². The molecule has 0 spiro atoms. The number of benzene rings is 1. The number of aromatic nitrogens is 1. The molecule has 2 nitrogen and oxygen atoms in total. The third kappa shape index (κ3) is 1.35. The van der Waals surface area contributed by atoms with Gasteiger partial charge in [0.05, 0.1) is 11.6 Å². The van der Waals surface area contributed by atoms with E-state index in [1.54, 1.807) is 6.07 Å². The summed E-state index contributed by atoms with van der Waals surface area (Å²) in [6, 6.07) is 7.53. The minimum atomic E-state index is -0.157. The molecule has 1 aromatic heterocycles. The Balaban J connectivity index is 2.07. The average Bonchev–Trinajstić information content (AvgIpc) is 2.56. The zero-order valence-electron chi connectivity index (χ0n) is 8.65. The van der Waals surface area contributed by atoms with Crippen LogP contribution in [0.1, 0.15) is 6.04 Å². The molecule has 0 bridgehead atoms. The molecule has 3 rings (SSSR count). The van der Waals surface area contributed by atoms with E-state index in [4.69, 9.17) is 0 Å². The number of nitrogens with zero attached hydrogens (tertiary/aromatic N) is 2. The minimum Gasteiger partial charge on any atom is -0.342 e. The Morgan fingerprint density at radius 1 is 1.27 bits per heavy atom. The lowest BCUT2D eigenvalue weighted by Gasteiger charge is -2.37. The maximum absolute atomic E-state index is 13.1. The maximum Gasteiger partial charge on any atom is 0.125 e. The van der Waals surface area contributed by atoms with Crippen LogP contribution in [0.3, 0.4) is 0 Å². The van der Waals surface area contributed by atoms with Crippen LogP contribution in [0.2, 0.25) is 0 Å². The highest BCUT2D eigenvalue weighted by molar-refractivity contribution is 5.80. The lowest BCUT2D eigenvalue weighted by Crippen LogP contribution is -2.44. The summed E-state index contributed by atoms with van der Waals surface area (Å²) in [5.41, 5.74) is 1.01. The van der Waals surface area contributed by atoms with Gasteiger partial charge < -0.3 is 9.47 Å². The molecule has 0 aliphatic carbocycles. The summed E-state index contributed by atoms with van der Waals surface area (Å²) in [6.45, 7) is 2.11. The molecule has 0 radical (unpaired) electrons. The predicted molar refractivity (Wildman–Crippen MR) is 58.4 cm³/mol. The number of rotatable bonds is 1. The first-order valence-corrected chi connectivity index (χ1v) is 5.19. The van der Waals surface area contributed by atoms with Gasteiger partial charge in [0.2, 0.25) is 0 Å². The Bertz CT molecular complexity index is 497. The van der Waals surface area contributed by atoms with Crippen molar-refractivity contribution in [1.29, 1.82) is 0 Å². The average molecular weight is 204 g/mol. The Labute approximate surface area is 87.9 Å². The van der Waals surface area contributed by atoms with Crippen molar-refractivity contribution in [2.24, 2.45) is 0 Å². The van der Waals surface area contributed by atoms with Gasteiger partial charge in [0.1, 0.15) is 5.82 Å². The molecular weight excluding hydrogens is 191 g/mol. The molecule has 0 atom stereocenters. The van der Waals surface area contributed by atoms with Crippen LogP contribution in [0.15, 0.2) is 30.5 Å². The van der Waals surface area contributed by atoms with Crippen molar-refractivity contribution in [3.63, 3.8) is 0 Å². The van der Waals surface area contributed by atoms with E-state index >= 15 is 0 Å². The van der Waals surface area contributed by atoms with Gasteiger partial charge in [0, 0.05) is 19.3 Å². The van der Waals surface area contributed by atoms with Crippen molar-refractivity contribution in [2.75, 3.05) is 20.1 Å². The number of hydrogen-bond acceptors (Lipinski definition) is 1. The van der Waals surface area contributed by atoms with Crippen LogP contribution in [-0.4, -0.2) is 29.6 Å². The zero-order chi connectivity index (χ0) is 10.4. The van der Waals surface area contributed by atoms with Crippen molar-refractivity contribution in [3.05, 3.63) is 36.3 Å². The van der Waals surface area contributed by atoms with Crippen molar-refractivity contribution < 1.29 is 4.39 Å². The van der Waals surface area contributed by atoms with E-state index < -0.39 is 0 Å². The molecule has 1 fully saturated rings. The van der Waals surface area contributed by atoms with Gasteiger partial charge in [-0.15, -0.1) is 0 Å². The van der Waals surface area contributed by atoms with Crippen molar-refractivity contribution in [2.45, 2.75) is 6.04 Å². The van der Waals surface area contributed by atoms with E-state index in [1.807, 2.05) is 12.1 Å². The third-order valence-electron chi connectivity index (χ3n) is 3.12. The van der Waals surface area contributed by atoms with E-state index in [2.05, 4.69) is 22.7 Å². The monoisotopic (exact) mass is 204 g/mol. The van der Waals surface area contributed by atoms with Gasteiger partial charge in [-0.2, -0.15) is 0 Å². The Kier molecular flexibility index (Phi) is 1.83. The SMILES string of the molecule is CN1CC(n2ccc3ccc(F)cc32)C1. The summed E-state index contributed by atoms with van der Waals surface area (Å²) in [7, 11) is 2.10. The quantitative estimate of drug-likeness (QED) is 0.691. The van der Waals surface area contributed by atoms with Crippen LogP contribution in [0.4, 0.5) is 4.39 Å². The third-order valence-corrected chi connectivity index (χ3v) is 3.12. The van der Waals surface area contributed by atoms with Crippen molar-refractivity contribution in [1.82, 2.24) is 9.47 Å². The molecule has 15 heavy (non-hydrogen) atoms. The number of likely N-dealkylation sites (N-methyl/N-ethyl adjacent to an activating group) is 1. The van der Waals surface area contributed by atoms with Crippen LogP contribution in [0, 0.1) is 5.82 Å². The van der Waals surface area contributed by atoms with Gasteiger partial charge in [-0.05, 0) is 36.7 Å². The molecule has 0 amide bonds. The van der Waals surface area contributed by atoms with E-state index in [0.717, 1.165) is 24.0 Å². The summed E-state index contributed by atoms with van der Waals surface area (Å²) >= 11 is 0. The molecular formula is C12H13FN2. The molecule has 78 valence electrons. The summed E-state index contributed by atoms with van der Waals surface area (Å²) in [4.78, 5) is 2.26. The second-order valence-corrected chi connectivity index (χ2v) is 4.30. The zero-order valence-corrected chi connectivity index (χ0v) is 8.65. The fraction of sp³-hybridized carbons (Fsp3) is 0.333. The first-order valence-electron chi connectivity index (χ1n) is 5.19. The number of fused-ring (bicyclic) bond motifs is 1. The van der Waals surface area contributed by atoms with Crippen LogP contribution in [0.5, 0.6) is 0 Å². The first kappa shape index (κ1) is 8.92. The van der Waals surface area contributed by atoms with E-state index in [0.29, 0.717) is 6.04 Å². The standard InChI is InChI=1S/C12H13FN2/c1-14-7-11(8-14)15-5-4-9-2-3-10(13)6-12(9)15/h2-6,11H,7-8H2,1H3. The fourth-order valence-electron chi connectivity index (χ4n) is 2.28. The summed E-state index contributed by atoms with van der Waals surface area (Å²) in [5, 5.41) is 1.12. The first-order chi connectivity index (χ1) is 7.24. The summed E-state index contributed by atoms with van der Waals surface area (Å²) < 4.78 is 15.3. The number of likely N-dealkylation sites (tertiary alicyclic amines) is 1. The molecule has 1 saturated heterocycles. The maximum atomic E-state index is 13.1. The van der Waals surface area contributed by atoms with Crippen LogP contribution in [-0.2, 0) is 0 Å². The van der Waals surface area contributed by atoms with E-state index in [1.165, 1.54) is 6.07 Å². The Hall–Kier alpha value is -1.35. The highest BCUT2D eigenvalue weighted by atomic mass is 19.1. The van der Waals surface area contributed by atoms with Gasteiger partial charge in [0.25, 0.3) is 0 Å². The van der Waals surface area contributed by atoms with Crippen molar-refractivity contribution >= 4 is 10.9 Å². The Morgan fingerprint density at radius 3 is 2.80 bits per heavy atom. The van der Waals surface area contributed by atoms with Crippen LogP contribution < -0.4 is 0 Å². The Morgan fingerprint density at radius 2 is 2.07 bits per heavy atom.